The zero-order chi connectivity index (χ0) is 26.2. The molecule has 1 atom stereocenters. The fourth-order valence-corrected chi connectivity index (χ4v) is 3.64. The van der Waals surface area contributed by atoms with E-state index in [1.807, 2.05) is 0 Å². The molecule has 35 heavy (non-hydrogen) atoms. The summed E-state index contributed by atoms with van der Waals surface area (Å²) in [5.74, 6) is -2.72. The Hall–Kier alpha value is -2.12. The van der Waals surface area contributed by atoms with Crippen LogP contribution in [0.1, 0.15) is 129 Å². The average Bonchev–Trinajstić information content (AvgIpc) is 2.82. The lowest BCUT2D eigenvalue weighted by Crippen LogP contribution is -2.26. The third-order valence-electron chi connectivity index (χ3n) is 5.86. The second kappa shape index (κ2) is 23.6. The first-order chi connectivity index (χ1) is 16.9. The minimum absolute atomic E-state index is 0.0624. The van der Waals surface area contributed by atoms with Crippen LogP contribution >= 0.6 is 0 Å². The molecule has 8 nitrogen and oxygen atoms in total. The third-order valence-corrected chi connectivity index (χ3v) is 5.86. The summed E-state index contributed by atoms with van der Waals surface area (Å²) in [5.41, 5.74) is 0. The van der Waals surface area contributed by atoms with Crippen molar-refractivity contribution in [1.29, 1.82) is 0 Å². The van der Waals surface area contributed by atoms with Crippen molar-refractivity contribution in [2.45, 2.75) is 129 Å². The maximum atomic E-state index is 12.5. The number of hydrogen-bond acceptors (Lipinski definition) is 7. The van der Waals surface area contributed by atoms with E-state index in [1.54, 1.807) is 0 Å². The molecule has 8 heteroatoms. The van der Waals surface area contributed by atoms with Crippen molar-refractivity contribution in [3.05, 3.63) is 0 Å². The summed E-state index contributed by atoms with van der Waals surface area (Å²) in [6, 6.07) is 0. The second-order valence-corrected chi connectivity index (χ2v) is 9.15. The van der Waals surface area contributed by atoms with Gasteiger partial charge in [-0.1, -0.05) is 84.5 Å². The van der Waals surface area contributed by atoms with Gasteiger partial charge in [0.1, 0.15) is 6.61 Å². The molecule has 0 aliphatic heterocycles. The molecule has 0 aliphatic rings. The third kappa shape index (κ3) is 22.1. The molecule has 204 valence electrons. The SMILES string of the molecule is CCCCCCCC(=O)OCOC(=O)C(CCCCCCC(=O)O)COC(=O)CCCCCCC. The Labute approximate surface area is 211 Å². The number of carbonyl (C=O) groups is 4. The zero-order valence-electron chi connectivity index (χ0n) is 22.0. The molecule has 0 saturated heterocycles. The molecular formula is C27H48O8. The highest BCUT2D eigenvalue weighted by atomic mass is 16.7. The second-order valence-electron chi connectivity index (χ2n) is 9.15. The molecule has 0 spiro atoms. The van der Waals surface area contributed by atoms with E-state index in [0.29, 0.717) is 32.1 Å². The Bertz CT molecular complexity index is 576. The van der Waals surface area contributed by atoms with Crippen molar-refractivity contribution in [1.82, 2.24) is 0 Å². The molecule has 0 bridgehead atoms. The lowest BCUT2D eigenvalue weighted by Gasteiger charge is -2.16. The summed E-state index contributed by atoms with van der Waals surface area (Å²) in [6.45, 7) is 3.76. The van der Waals surface area contributed by atoms with Gasteiger partial charge in [-0.25, -0.2) is 0 Å². The molecule has 0 fully saturated rings. The molecule has 1 unspecified atom stereocenters. The van der Waals surface area contributed by atoms with Crippen LogP contribution in [0.4, 0.5) is 0 Å². The minimum atomic E-state index is -0.816. The summed E-state index contributed by atoms with van der Waals surface area (Å²) < 4.78 is 15.5. The number of hydrogen-bond donors (Lipinski definition) is 1. The number of aliphatic carboxylic acids is 1. The van der Waals surface area contributed by atoms with Gasteiger partial charge < -0.3 is 19.3 Å². The molecule has 0 rings (SSSR count). The van der Waals surface area contributed by atoms with Crippen LogP contribution in [0.15, 0.2) is 0 Å². The van der Waals surface area contributed by atoms with Crippen molar-refractivity contribution < 1.29 is 38.5 Å². The molecule has 0 heterocycles. The van der Waals surface area contributed by atoms with Crippen LogP contribution in [0.5, 0.6) is 0 Å². The quantitative estimate of drug-likeness (QED) is 0.0927. The molecule has 0 amide bonds. The van der Waals surface area contributed by atoms with Crippen molar-refractivity contribution in [2.24, 2.45) is 5.92 Å². The molecule has 0 radical (unpaired) electrons. The normalized spacial score (nSPS) is 11.6. The monoisotopic (exact) mass is 500 g/mol. The van der Waals surface area contributed by atoms with Crippen LogP contribution in [0, 0.1) is 5.92 Å². The van der Waals surface area contributed by atoms with Crippen LogP contribution < -0.4 is 0 Å². The Balaban J connectivity index is 4.37. The first-order valence-electron chi connectivity index (χ1n) is 13.6. The fourth-order valence-electron chi connectivity index (χ4n) is 3.64. The number of carboxylic acid groups (broad SMARTS) is 1. The highest BCUT2D eigenvalue weighted by Crippen LogP contribution is 2.16. The van der Waals surface area contributed by atoms with Crippen molar-refractivity contribution in [3.8, 4) is 0 Å². The van der Waals surface area contributed by atoms with Gasteiger partial charge in [0.15, 0.2) is 0 Å². The highest BCUT2D eigenvalue weighted by molar-refractivity contribution is 5.74. The summed E-state index contributed by atoms with van der Waals surface area (Å²) in [7, 11) is 0. The Morgan fingerprint density at radius 3 is 1.63 bits per heavy atom. The van der Waals surface area contributed by atoms with E-state index in [4.69, 9.17) is 19.3 Å². The van der Waals surface area contributed by atoms with Gasteiger partial charge >= 0.3 is 23.9 Å². The van der Waals surface area contributed by atoms with E-state index in [1.165, 1.54) is 0 Å². The molecule has 0 aliphatic carbocycles. The largest absolute Gasteiger partial charge is 0.481 e. The lowest BCUT2D eigenvalue weighted by molar-refractivity contribution is -0.172. The first-order valence-corrected chi connectivity index (χ1v) is 13.6. The minimum Gasteiger partial charge on any atom is -0.481 e. The topological polar surface area (TPSA) is 116 Å². The maximum absolute atomic E-state index is 12.5. The fraction of sp³-hybridized carbons (Fsp3) is 0.852. The van der Waals surface area contributed by atoms with Gasteiger partial charge in [-0.15, -0.1) is 0 Å². The lowest BCUT2D eigenvalue weighted by atomic mass is 10.0. The molecule has 0 saturated carbocycles. The van der Waals surface area contributed by atoms with Crippen molar-refractivity contribution >= 4 is 23.9 Å². The van der Waals surface area contributed by atoms with Gasteiger partial charge in [0.25, 0.3) is 0 Å². The van der Waals surface area contributed by atoms with Gasteiger partial charge in [0.2, 0.25) is 6.79 Å². The summed E-state index contributed by atoms with van der Waals surface area (Å²) in [4.78, 5) is 47.0. The van der Waals surface area contributed by atoms with Gasteiger partial charge in [0.05, 0.1) is 5.92 Å². The van der Waals surface area contributed by atoms with Crippen molar-refractivity contribution in [3.63, 3.8) is 0 Å². The zero-order valence-corrected chi connectivity index (χ0v) is 22.0. The van der Waals surface area contributed by atoms with Crippen LogP contribution in [0.2, 0.25) is 0 Å². The van der Waals surface area contributed by atoms with Gasteiger partial charge in [-0.2, -0.15) is 0 Å². The van der Waals surface area contributed by atoms with Gasteiger partial charge in [-0.3, -0.25) is 19.2 Å². The Morgan fingerprint density at radius 2 is 1.09 bits per heavy atom. The van der Waals surface area contributed by atoms with Crippen LogP contribution in [-0.4, -0.2) is 42.4 Å². The van der Waals surface area contributed by atoms with Crippen LogP contribution in [-0.2, 0) is 33.4 Å². The number of carbonyl (C=O) groups excluding carboxylic acids is 3. The molecule has 1 N–H and O–H groups in total. The predicted molar refractivity (Wildman–Crippen MR) is 134 cm³/mol. The molecule has 0 aromatic heterocycles. The predicted octanol–water partition coefficient (Wildman–Crippen LogP) is 6.34. The number of ether oxygens (including phenoxy) is 3. The van der Waals surface area contributed by atoms with Crippen LogP contribution in [0.3, 0.4) is 0 Å². The maximum Gasteiger partial charge on any atom is 0.315 e. The Morgan fingerprint density at radius 1 is 0.600 bits per heavy atom. The van der Waals surface area contributed by atoms with E-state index in [9.17, 15) is 19.2 Å². The summed E-state index contributed by atoms with van der Waals surface area (Å²) in [6.07, 6.45) is 14.3. The average molecular weight is 501 g/mol. The summed E-state index contributed by atoms with van der Waals surface area (Å²) >= 11 is 0. The van der Waals surface area contributed by atoms with E-state index in [0.717, 1.165) is 77.0 Å². The van der Waals surface area contributed by atoms with E-state index in [2.05, 4.69) is 13.8 Å². The number of rotatable bonds is 24. The molecule has 0 aromatic rings. The van der Waals surface area contributed by atoms with Crippen LogP contribution in [0.25, 0.3) is 0 Å². The summed E-state index contributed by atoms with van der Waals surface area (Å²) in [5, 5.41) is 8.72. The number of esters is 3. The van der Waals surface area contributed by atoms with E-state index in [-0.39, 0.29) is 19.0 Å². The van der Waals surface area contributed by atoms with Gasteiger partial charge in [-0.05, 0) is 25.7 Å². The first kappa shape index (κ1) is 32.9. The number of unbranched alkanes of at least 4 members (excludes halogenated alkanes) is 11. The van der Waals surface area contributed by atoms with E-state index < -0.39 is 30.6 Å². The number of carboxylic acids is 1. The smallest absolute Gasteiger partial charge is 0.315 e. The highest BCUT2D eigenvalue weighted by Gasteiger charge is 2.22. The molecular weight excluding hydrogens is 452 g/mol. The van der Waals surface area contributed by atoms with Gasteiger partial charge in [0, 0.05) is 19.3 Å². The molecule has 0 aromatic carbocycles. The van der Waals surface area contributed by atoms with Crippen molar-refractivity contribution in [2.75, 3.05) is 13.4 Å². The Kier molecular flexibility index (Phi) is 22.2. The van der Waals surface area contributed by atoms with E-state index >= 15 is 0 Å². The standard InChI is InChI=1S/C27H48O8/c1-3-5-7-9-15-19-25(30)33-21-23(17-13-11-12-14-18-24(28)29)27(32)35-22-34-26(31)20-16-10-8-6-4-2/h23H,3-22H2,1-2H3,(H,28,29).